The summed E-state index contributed by atoms with van der Waals surface area (Å²) in [5.74, 6) is 0.999. The van der Waals surface area contributed by atoms with E-state index in [0.717, 1.165) is 16.8 Å². The van der Waals surface area contributed by atoms with Crippen molar-refractivity contribution in [2.45, 2.75) is 38.0 Å². The van der Waals surface area contributed by atoms with Crippen LogP contribution in [0.5, 0.6) is 11.5 Å². The molecule has 2 amide bonds. The van der Waals surface area contributed by atoms with E-state index < -0.39 is 12.2 Å². The number of aryl methyl sites for hydroxylation is 1. The molecule has 9 nitrogen and oxygen atoms in total. The molecule has 42 heavy (non-hydrogen) atoms. The van der Waals surface area contributed by atoms with Gasteiger partial charge in [0.25, 0.3) is 0 Å². The first-order valence-electron chi connectivity index (χ1n) is 14.1. The number of benzene rings is 2. The van der Waals surface area contributed by atoms with E-state index in [4.69, 9.17) is 25.8 Å². The number of allylic oxidation sites excluding steroid dienone is 2. The van der Waals surface area contributed by atoms with Crippen molar-refractivity contribution < 1.29 is 28.9 Å². The number of fused-ring (bicyclic) bond motifs is 2. The molecule has 3 unspecified atom stereocenters. The molecule has 0 saturated carbocycles. The summed E-state index contributed by atoms with van der Waals surface area (Å²) in [5, 5.41) is 17.1. The van der Waals surface area contributed by atoms with Crippen molar-refractivity contribution in [3.63, 3.8) is 0 Å². The molecule has 0 bridgehead atoms. The molecule has 3 aliphatic rings. The Kier molecular flexibility index (Phi) is 9.51. The minimum absolute atomic E-state index is 0.0476. The van der Waals surface area contributed by atoms with Crippen LogP contribution in [0.3, 0.4) is 0 Å². The van der Waals surface area contributed by atoms with E-state index in [9.17, 15) is 14.7 Å². The largest absolute Gasteiger partial charge is 0.493 e. The van der Waals surface area contributed by atoms with E-state index in [2.05, 4.69) is 22.8 Å². The van der Waals surface area contributed by atoms with E-state index in [1.54, 1.807) is 17.0 Å². The number of carbonyl (C=O) groups is 2. The summed E-state index contributed by atoms with van der Waals surface area (Å²) in [5.41, 5.74) is 4.25. The minimum Gasteiger partial charge on any atom is -0.493 e. The van der Waals surface area contributed by atoms with Crippen LogP contribution in [-0.4, -0.2) is 67.6 Å². The normalized spacial score (nSPS) is 21.6. The quantitative estimate of drug-likeness (QED) is 0.375. The highest BCUT2D eigenvalue weighted by Gasteiger charge is 2.43. The number of ether oxygens (including phenoxy) is 3. The van der Waals surface area contributed by atoms with Gasteiger partial charge in [0, 0.05) is 43.3 Å². The van der Waals surface area contributed by atoms with Gasteiger partial charge in [-0.15, -0.1) is 0 Å². The van der Waals surface area contributed by atoms with E-state index in [0.29, 0.717) is 35.9 Å². The number of nitrogens with one attached hydrogen (secondary N) is 2. The highest BCUT2D eigenvalue weighted by Crippen LogP contribution is 2.45. The van der Waals surface area contributed by atoms with Gasteiger partial charge in [0.1, 0.15) is 24.1 Å². The second-order valence-electron chi connectivity index (χ2n) is 10.7. The fraction of sp³-hybridized carbons (Fsp3) is 0.375. The Morgan fingerprint density at radius 2 is 1.88 bits per heavy atom. The maximum Gasteiger partial charge on any atom is 0.416 e. The van der Waals surface area contributed by atoms with E-state index in [1.807, 2.05) is 49.4 Å². The minimum atomic E-state index is -0.737. The lowest BCUT2D eigenvalue weighted by Gasteiger charge is -2.37. The van der Waals surface area contributed by atoms with Crippen molar-refractivity contribution >= 4 is 23.6 Å². The average molecular weight is 594 g/mol. The van der Waals surface area contributed by atoms with Crippen LogP contribution in [0.15, 0.2) is 83.1 Å². The van der Waals surface area contributed by atoms with Crippen molar-refractivity contribution in [2.75, 3.05) is 33.4 Å². The predicted molar refractivity (Wildman–Crippen MR) is 159 cm³/mol. The van der Waals surface area contributed by atoms with Crippen molar-refractivity contribution in [3.05, 3.63) is 94.2 Å². The molecule has 2 heterocycles. The van der Waals surface area contributed by atoms with Gasteiger partial charge in [-0.1, -0.05) is 53.6 Å². The monoisotopic (exact) mass is 593 g/mol. The molecule has 0 radical (unpaired) electrons. The molecule has 2 aliphatic heterocycles. The lowest BCUT2D eigenvalue weighted by molar-refractivity contribution is -0.125. The Hall–Kier alpha value is -3.79. The molecule has 4 atom stereocenters. The maximum atomic E-state index is 13.5. The highest BCUT2D eigenvalue weighted by atomic mass is 35.5. The van der Waals surface area contributed by atoms with Gasteiger partial charge in [0.05, 0.1) is 18.8 Å². The number of amides is 2. The highest BCUT2D eigenvalue weighted by molar-refractivity contribution is 6.31. The van der Waals surface area contributed by atoms with Crippen LogP contribution in [0, 0.1) is 12.8 Å². The number of halogens is 1. The van der Waals surface area contributed by atoms with Gasteiger partial charge in [-0.2, -0.15) is 0 Å². The molecule has 0 saturated heterocycles. The van der Waals surface area contributed by atoms with Crippen LogP contribution in [0.25, 0.3) is 0 Å². The van der Waals surface area contributed by atoms with Crippen LogP contribution in [0.2, 0.25) is 0 Å². The molecule has 222 valence electrons. The number of aliphatic hydroxyl groups excluding tert-OH is 1. The zero-order chi connectivity index (χ0) is 29.6. The Morgan fingerprint density at radius 3 is 2.62 bits per heavy atom. The van der Waals surface area contributed by atoms with Crippen molar-refractivity contribution in [3.8, 4) is 11.5 Å². The van der Waals surface area contributed by atoms with Crippen molar-refractivity contribution in [1.29, 1.82) is 0 Å². The van der Waals surface area contributed by atoms with E-state index in [1.165, 1.54) is 12.7 Å². The second-order valence-corrected chi connectivity index (χ2v) is 11.1. The first kappa shape index (κ1) is 29.7. The molecule has 2 aromatic carbocycles. The van der Waals surface area contributed by atoms with Crippen LogP contribution in [-0.2, 0) is 9.53 Å². The van der Waals surface area contributed by atoms with Crippen LogP contribution in [0.4, 0.5) is 4.79 Å². The Morgan fingerprint density at radius 1 is 1.14 bits per heavy atom. The Labute approximate surface area is 250 Å². The zero-order valence-corrected chi connectivity index (χ0v) is 24.5. The summed E-state index contributed by atoms with van der Waals surface area (Å²) in [6.07, 6.45) is 5.97. The van der Waals surface area contributed by atoms with Crippen LogP contribution in [0.1, 0.15) is 30.0 Å². The molecule has 0 fully saturated rings. The number of nitrogens with zero attached hydrogens (tertiary/aromatic N) is 1. The molecule has 5 rings (SSSR count). The van der Waals surface area contributed by atoms with Crippen molar-refractivity contribution in [2.24, 2.45) is 5.92 Å². The summed E-state index contributed by atoms with van der Waals surface area (Å²) >= 11 is 6.36. The van der Waals surface area contributed by atoms with Crippen LogP contribution >= 0.6 is 11.6 Å². The summed E-state index contributed by atoms with van der Waals surface area (Å²) < 4.78 is 16.4. The molecule has 10 heteroatoms. The number of aliphatic hydroxyl groups is 1. The van der Waals surface area contributed by atoms with Gasteiger partial charge in [-0.3, -0.25) is 9.69 Å². The number of hydrogen-bond acceptors (Lipinski definition) is 7. The van der Waals surface area contributed by atoms with Gasteiger partial charge in [-0.05, 0) is 54.8 Å². The molecule has 1 aliphatic carbocycles. The number of hydrogen-bond donors (Lipinski definition) is 3. The molecular formula is C32H36ClN3O6. The summed E-state index contributed by atoms with van der Waals surface area (Å²) in [6, 6.07) is 14.8. The fourth-order valence-corrected chi connectivity index (χ4v) is 5.73. The zero-order valence-electron chi connectivity index (χ0n) is 23.7. The second kappa shape index (κ2) is 13.5. The summed E-state index contributed by atoms with van der Waals surface area (Å²) in [4.78, 5) is 26.8. The molecular weight excluding hydrogens is 558 g/mol. The Bertz CT molecular complexity index is 1370. The third-order valence-electron chi connectivity index (χ3n) is 7.65. The molecule has 0 spiro atoms. The standard InChI is InChI=1S/C32H36ClN3O6/c1-20-3-8-25(9-4-20)42-32(39)36-15-13-26-27-17-22(33)7-12-28(27)35-30(26)31(36)21-5-10-24(11-6-21)41-16-14-23(37)18-34-29(38)19-40-2/h3-12,17,23,27-28,31,35,37H,13-16,18-19H2,1-2H3,(H,34,38)/t23?,27?,28?,31-/m0/s1. The van der Waals surface area contributed by atoms with Gasteiger partial charge >= 0.3 is 6.09 Å². The Balaban J connectivity index is 1.30. The van der Waals surface area contributed by atoms with Gasteiger partial charge in [0.15, 0.2) is 0 Å². The number of carbonyl (C=O) groups excluding carboxylic acids is 2. The summed E-state index contributed by atoms with van der Waals surface area (Å²) in [6.45, 7) is 2.85. The topological polar surface area (TPSA) is 109 Å². The smallest absolute Gasteiger partial charge is 0.416 e. The third-order valence-corrected chi connectivity index (χ3v) is 7.90. The molecule has 2 aromatic rings. The maximum absolute atomic E-state index is 13.5. The number of rotatable bonds is 10. The van der Waals surface area contributed by atoms with Gasteiger partial charge in [0.2, 0.25) is 5.91 Å². The van der Waals surface area contributed by atoms with Crippen LogP contribution < -0.4 is 20.1 Å². The average Bonchev–Trinajstić information content (AvgIpc) is 3.35. The number of methoxy groups -OCH3 is 1. The summed E-state index contributed by atoms with van der Waals surface area (Å²) in [7, 11) is 1.44. The lowest BCUT2D eigenvalue weighted by Crippen LogP contribution is -2.43. The first-order chi connectivity index (χ1) is 20.3. The lowest BCUT2D eigenvalue weighted by atomic mass is 9.85. The molecule has 0 aromatic heterocycles. The molecule has 3 N–H and O–H groups in total. The third kappa shape index (κ3) is 6.98. The van der Waals surface area contributed by atoms with Crippen molar-refractivity contribution in [1.82, 2.24) is 15.5 Å². The first-order valence-corrected chi connectivity index (χ1v) is 14.5. The SMILES string of the molecule is COCC(=O)NCC(O)CCOc1ccc([C@H]2C3=C(CCN2C(=O)Oc2ccc(C)cc2)C2C=C(Cl)C=CC2N3)cc1. The van der Waals surface area contributed by atoms with Gasteiger partial charge < -0.3 is 30.0 Å². The fourth-order valence-electron chi connectivity index (χ4n) is 5.52. The predicted octanol–water partition coefficient (Wildman–Crippen LogP) is 4.37. The van der Waals surface area contributed by atoms with E-state index in [-0.39, 0.29) is 43.7 Å². The van der Waals surface area contributed by atoms with E-state index >= 15 is 0 Å². The van der Waals surface area contributed by atoms with Gasteiger partial charge in [-0.25, -0.2) is 4.79 Å².